The highest BCUT2D eigenvalue weighted by atomic mass is 79.9. The third-order valence-electron chi connectivity index (χ3n) is 2.72. The zero-order valence-corrected chi connectivity index (χ0v) is 14.9. The van der Waals surface area contributed by atoms with Crippen molar-refractivity contribution in [2.75, 3.05) is 5.33 Å². The molecule has 19 heavy (non-hydrogen) atoms. The molecular formula is C15H13Br3O. The van der Waals surface area contributed by atoms with E-state index in [1.54, 1.807) is 0 Å². The molecule has 0 heterocycles. The third-order valence-corrected chi connectivity index (χ3v) is 4.33. The average Bonchev–Trinajstić information content (AvgIpc) is 2.41. The van der Waals surface area contributed by atoms with Gasteiger partial charge in [-0.2, -0.15) is 0 Å². The number of halogens is 3. The number of hydrogen-bond acceptors (Lipinski definition) is 1. The van der Waals surface area contributed by atoms with Gasteiger partial charge in [0, 0.05) is 14.3 Å². The minimum atomic E-state index is 0.0621. The quantitative estimate of drug-likeness (QED) is 0.520. The van der Waals surface area contributed by atoms with Gasteiger partial charge in [-0.15, -0.1) is 0 Å². The van der Waals surface area contributed by atoms with E-state index in [1.807, 2.05) is 24.3 Å². The van der Waals surface area contributed by atoms with Gasteiger partial charge in [-0.25, -0.2) is 0 Å². The summed E-state index contributed by atoms with van der Waals surface area (Å²) in [6.45, 7) is 0.603. The van der Waals surface area contributed by atoms with Crippen molar-refractivity contribution in [2.45, 2.75) is 12.7 Å². The van der Waals surface area contributed by atoms with E-state index < -0.39 is 0 Å². The highest BCUT2D eigenvalue weighted by Crippen LogP contribution is 2.23. The Morgan fingerprint density at radius 3 is 2.32 bits per heavy atom. The minimum absolute atomic E-state index is 0.0621. The predicted molar refractivity (Wildman–Crippen MR) is 89.6 cm³/mol. The van der Waals surface area contributed by atoms with E-state index in [0.717, 1.165) is 19.8 Å². The monoisotopic (exact) mass is 446 g/mol. The number of ether oxygens (including phenoxy) is 1. The first-order valence-electron chi connectivity index (χ1n) is 5.86. The van der Waals surface area contributed by atoms with Gasteiger partial charge in [0.15, 0.2) is 0 Å². The van der Waals surface area contributed by atoms with Gasteiger partial charge >= 0.3 is 0 Å². The minimum Gasteiger partial charge on any atom is -0.368 e. The second-order valence-corrected chi connectivity index (χ2v) is 6.61. The second kappa shape index (κ2) is 7.58. The molecule has 100 valence electrons. The lowest BCUT2D eigenvalue weighted by atomic mass is 10.1. The predicted octanol–water partition coefficient (Wildman–Crippen LogP) is 5.86. The molecule has 0 fully saturated rings. The molecule has 4 heteroatoms. The van der Waals surface area contributed by atoms with Gasteiger partial charge < -0.3 is 4.74 Å². The smallest absolute Gasteiger partial charge is 0.0926 e. The largest absolute Gasteiger partial charge is 0.368 e. The van der Waals surface area contributed by atoms with Crippen molar-refractivity contribution < 1.29 is 4.74 Å². The molecule has 0 spiro atoms. The van der Waals surface area contributed by atoms with Crippen LogP contribution in [0.15, 0.2) is 57.5 Å². The normalized spacial score (nSPS) is 12.4. The topological polar surface area (TPSA) is 9.23 Å². The van der Waals surface area contributed by atoms with Gasteiger partial charge in [0.1, 0.15) is 0 Å². The van der Waals surface area contributed by atoms with Gasteiger partial charge in [0.05, 0.1) is 12.7 Å². The van der Waals surface area contributed by atoms with E-state index in [-0.39, 0.29) is 6.10 Å². The summed E-state index contributed by atoms with van der Waals surface area (Å²) in [5.41, 5.74) is 2.34. The number of hydrogen-bond donors (Lipinski definition) is 0. The molecule has 1 unspecified atom stereocenters. The van der Waals surface area contributed by atoms with Crippen molar-refractivity contribution in [2.24, 2.45) is 0 Å². The Morgan fingerprint density at radius 2 is 1.68 bits per heavy atom. The summed E-state index contributed by atoms with van der Waals surface area (Å²) in [6.07, 6.45) is 0.0621. The Kier molecular flexibility index (Phi) is 6.07. The van der Waals surface area contributed by atoms with Crippen LogP contribution < -0.4 is 0 Å². The molecule has 0 aromatic heterocycles. The molecule has 0 saturated carbocycles. The summed E-state index contributed by atoms with van der Waals surface area (Å²) in [4.78, 5) is 0. The van der Waals surface area contributed by atoms with Gasteiger partial charge in [0.2, 0.25) is 0 Å². The SMILES string of the molecule is BrCC(OCc1cccc(Br)c1)c1ccc(Br)cc1. The van der Waals surface area contributed by atoms with Crippen LogP contribution in [0.3, 0.4) is 0 Å². The van der Waals surface area contributed by atoms with E-state index in [0.29, 0.717) is 6.61 Å². The van der Waals surface area contributed by atoms with Crippen LogP contribution in [0.5, 0.6) is 0 Å². The molecule has 0 aliphatic rings. The molecule has 0 aliphatic heterocycles. The average molecular weight is 449 g/mol. The molecule has 2 aromatic carbocycles. The lowest BCUT2D eigenvalue weighted by molar-refractivity contribution is 0.0565. The number of alkyl halides is 1. The van der Waals surface area contributed by atoms with E-state index in [2.05, 4.69) is 72.1 Å². The molecule has 0 bridgehead atoms. The molecule has 0 aliphatic carbocycles. The number of rotatable bonds is 5. The molecule has 1 atom stereocenters. The fourth-order valence-electron chi connectivity index (χ4n) is 1.73. The van der Waals surface area contributed by atoms with Crippen LogP contribution in [0.25, 0.3) is 0 Å². The highest BCUT2D eigenvalue weighted by molar-refractivity contribution is 9.10. The lowest BCUT2D eigenvalue weighted by Crippen LogP contribution is -2.05. The summed E-state index contributed by atoms with van der Waals surface area (Å²) in [7, 11) is 0. The van der Waals surface area contributed by atoms with Crippen LogP contribution in [-0.2, 0) is 11.3 Å². The molecular weight excluding hydrogens is 436 g/mol. The van der Waals surface area contributed by atoms with E-state index >= 15 is 0 Å². The van der Waals surface area contributed by atoms with Gasteiger partial charge in [-0.05, 0) is 35.4 Å². The van der Waals surface area contributed by atoms with Crippen molar-refractivity contribution in [3.63, 3.8) is 0 Å². The Bertz CT molecular complexity index is 525. The van der Waals surface area contributed by atoms with Crippen molar-refractivity contribution in [3.05, 3.63) is 68.6 Å². The maximum absolute atomic E-state index is 5.98. The zero-order valence-electron chi connectivity index (χ0n) is 10.2. The van der Waals surface area contributed by atoms with Gasteiger partial charge in [-0.3, -0.25) is 0 Å². The third kappa shape index (κ3) is 4.71. The Balaban J connectivity index is 2.01. The maximum atomic E-state index is 5.98. The Hall–Kier alpha value is -0.160. The first kappa shape index (κ1) is 15.2. The Labute approximate surface area is 138 Å². The Morgan fingerprint density at radius 1 is 0.947 bits per heavy atom. The van der Waals surface area contributed by atoms with Crippen LogP contribution in [0.4, 0.5) is 0 Å². The van der Waals surface area contributed by atoms with Crippen molar-refractivity contribution >= 4 is 47.8 Å². The summed E-state index contributed by atoms with van der Waals surface area (Å²) < 4.78 is 8.13. The van der Waals surface area contributed by atoms with Crippen molar-refractivity contribution in [1.29, 1.82) is 0 Å². The molecule has 2 aromatic rings. The van der Waals surface area contributed by atoms with E-state index in [1.165, 1.54) is 5.56 Å². The zero-order chi connectivity index (χ0) is 13.7. The first-order chi connectivity index (χ1) is 9.19. The summed E-state index contributed by atoms with van der Waals surface area (Å²) in [6, 6.07) is 16.4. The fourth-order valence-corrected chi connectivity index (χ4v) is 3.00. The van der Waals surface area contributed by atoms with E-state index in [4.69, 9.17) is 4.74 Å². The molecule has 0 saturated heterocycles. The molecule has 2 rings (SSSR count). The van der Waals surface area contributed by atoms with Crippen molar-refractivity contribution in [1.82, 2.24) is 0 Å². The summed E-state index contributed by atoms with van der Waals surface area (Å²) in [5.74, 6) is 0. The summed E-state index contributed by atoms with van der Waals surface area (Å²) >= 11 is 10.4. The molecule has 0 N–H and O–H groups in total. The molecule has 1 nitrogen and oxygen atoms in total. The van der Waals surface area contributed by atoms with Crippen LogP contribution in [-0.4, -0.2) is 5.33 Å². The first-order valence-corrected chi connectivity index (χ1v) is 8.57. The van der Waals surface area contributed by atoms with Crippen LogP contribution in [0, 0.1) is 0 Å². The van der Waals surface area contributed by atoms with Gasteiger partial charge in [-0.1, -0.05) is 72.1 Å². The van der Waals surface area contributed by atoms with Crippen LogP contribution in [0.1, 0.15) is 17.2 Å². The maximum Gasteiger partial charge on any atom is 0.0926 e. The molecule has 0 amide bonds. The number of benzene rings is 2. The lowest BCUT2D eigenvalue weighted by Gasteiger charge is -2.16. The van der Waals surface area contributed by atoms with Crippen LogP contribution in [0.2, 0.25) is 0 Å². The standard InChI is InChI=1S/C15H13Br3O/c16-9-15(12-4-6-13(17)7-5-12)19-10-11-2-1-3-14(18)8-11/h1-8,15H,9-10H2. The van der Waals surface area contributed by atoms with E-state index in [9.17, 15) is 0 Å². The summed E-state index contributed by atoms with van der Waals surface area (Å²) in [5, 5.41) is 0.780. The highest BCUT2D eigenvalue weighted by Gasteiger charge is 2.10. The second-order valence-electron chi connectivity index (χ2n) is 4.14. The van der Waals surface area contributed by atoms with Gasteiger partial charge in [0.25, 0.3) is 0 Å². The fraction of sp³-hybridized carbons (Fsp3) is 0.200. The van der Waals surface area contributed by atoms with Crippen molar-refractivity contribution in [3.8, 4) is 0 Å². The van der Waals surface area contributed by atoms with Crippen LogP contribution >= 0.6 is 47.8 Å². The molecule has 0 radical (unpaired) electrons.